The zero-order valence-electron chi connectivity index (χ0n) is 10.6. The van der Waals surface area contributed by atoms with E-state index < -0.39 is 18.0 Å². The fraction of sp³-hybridized carbons (Fsp3) is 0.417. The Labute approximate surface area is 105 Å². The van der Waals surface area contributed by atoms with Crippen LogP contribution in [0.5, 0.6) is 0 Å². The normalized spacial score (nSPS) is 12.5. The number of carbonyl (C=O) groups excluding carboxylic acids is 1. The molecule has 0 spiro atoms. The number of nitrogen functional groups attached to an aromatic ring is 1. The molecule has 0 bridgehead atoms. The number of carbonyl (C=O) groups is 1. The molecule has 1 amide bonds. The van der Waals surface area contributed by atoms with E-state index in [1.54, 1.807) is 6.92 Å². The van der Waals surface area contributed by atoms with E-state index in [4.69, 9.17) is 15.2 Å². The predicted octanol–water partition coefficient (Wildman–Crippen LogP) is 1.15. The summed E-state index contributed by atoms with van der Waals surface area (Å²) in [5.74, 6) is -0.886. The lowest BCUT2D eigenvalue weighted by molar-refractivity contribution is -0.117. The molecule has 0 saturated carbocycles. The number of hydrogen-bond acceptors (Lipinski definition) is 4. The molecule has 3 N–H and O–H groups in total. The first-order chi connectivity index (χ1) is 8.49. The van der Waals surface area contributed by atoms with Crippen molar-refractivity contribution in [3.05, 3.63) is 29.6 Å². The molecule has 0 aliphatic rings. The molecule has 0 fully saturated rings. The maximum atomic E-state index is 12.9. The molecule has 1 aromatic rings. The first-order valence-corrected chi connectivity index (χ1v) is 5.41. The van der Waals surface area contributed by atoms with Gasteiger partial charge in [-0.25, -0.2) is 4.39 Å². The Hall–Kier alpha value is -1.66. The summed E-state index contributed by atoms with van der Waals surface area (Å²) >= 11 is 0. The van der Waals surface area contributed by atoms with Crippen LogP contribution in [0, 0.1) is 5.82 Å². The summed E-state index contributed by atoms with van der Waals surface area (Å²) in [6, 6.07) is 3.25. The van der Waals surface area contributed by atoms with Gasteiger partial charge < -0.3 is 20.5 Å². The number of rotatable bonds is 5. The van der Waals surface area contributed by atoms with Crippen LogP contribution in [0.25, 0.3) is 0 Å². The number of benzene rings is 1. The van der Waals surface area contributed by atoms with Crippen molar-refractivity contribution >= 4 is 11.6 Å². The van der Waals surface area contributed by atoms with Crippen molar-refractivity contribution in [3.63, 3.8) is 0 Å². The standard InChI is InChI=1S/C12H17FN2O3/c1-7(12(17-2)18-3)15-11(16)9-5-4-8(13)6-10(9)14/h4-7,12H,14H2,1-3H3,(H,15,16). The van der Waals surface area contributed by atoms with E-state index in [1.807, 2.05) is 0 Å². The fourth-order valence-corrected chi connectivity index (χ4v) is 1.60. The Morgan fingerprint density at radius 2 is 2.00 bits per heavy atom. The van der Waals surface area contributed by atoms with Gasteiger partial charge in [0.05, 0.1) is 11.6 Å². The Morgan fingerprint density at radius 3 is 2.50 bits per heavy atom. The number of methoxy groups -OCH3 is 2. The summed E-state index contributed by atoms with van der Waals surface area (Å²) in [6.07, 6.45) is -0.560. The lowest BCUT2D eigenvalue weighted by atomic mass is 10.1. The summed E-state index contributed by atoms with van der Waals surface area (Å²) < 4.78 is 22.9. The molecule has 0 aromatic heterocycles. The zero-order valence-corrected chi connectivity index (χ0v) is 10.6. The molecule has 5 nitrogen and oxygen atoms in total. The monoisotopic (exact) mass is 256 g/mol. The summed E-state index contributed by atoms with van der Waals surface area (Å²) in [7, 11) is 2.95. The van der Waals surface area contributed by atoms with Crippen molar-refractivity contribution in [1.82, 2.24) is 5.32 Å². The van der Waals surface area contributed by atoms with Crippen LogP contribution in [0.3, 0.4) is 0 Å². The Kier molecular flexibility index (Phi) is 5.06. The van der Waals surface area contributed by atoms with Crippen LogP contribution >= 0.6 is 0 Å². The second-order valence-corrected chi connectivity index (χ2v) is 3.83. The third-order valence-corrected chi connectivity index (χ3v) is 2.49. The van der Waals surface area contributed by atoms with Crippen molar-refractivity contribution < 1.29 is 18.7 Å². The number of nitrogens with one attached hydrogen (secondary N) is 1. The van der Waals surface area contributed by atoms with Crippen LogP contribution < -0.4 is 11.1 Å². The second-order valence-electron chi connectivity index (χ2n) is 3.83. The van der Waals surface area contributed by atoms with Gasteiger partial charge in [0.2, 0.25) is 0 Å². The van der Waals surface area contributed by atoms with Crippen molar-refractivity contribution in [2.24, 2.45) is 0 Å². The lowest BCUT2D eigenvalue weighted by Crippen LogP contribution is -2.43. The van der Waals surface area contributed by atoms with Gasteiger partial charge in [-0.1, -0.05) is 0 Å². The molecule has 1 atom stereocenters. The van der Waals surface area contributed by atoms with E-state index in [1.165, 1.54) is 26.4 Å². The smallest absolute Gasteiger partial charge is 0.253 e. The fourth-order valence-electron chi connectivity index (χ4n) is 1.60. The van der Waals surface area contributed by atoms with E-state index in [0.29, 0.717) is 0 Å². The third kappa shape index (κ3) is 3.41. The molecule has 0 aliphatic heterocycles. The number of ether oxygens (including phenoxy) is 2. The maximum Gasteiger partial charge on any atom is 0.253 e. The van der Waals surface area contributed by atoms with Crippen LogP contribution in [0.2, 0.25) is 0 Å². The number of hydrogen-bond donors (Lipinski definition) is 2. The minimum Gasteiger partial charge on any atom is -0.398 e. The zero-order chi connectivity index (χ0) is 13.7. The van der Waals surface area contributed by atoms with Gasteiger partial charge in [-0.15, -0.1) is 0 Å². The highest BCUT2D eigenvalue weighted by Gasteiger charge is 2.19. The highest BCUT2D eigenvalue weighted by atomic mass is 19.1. The molecule has 0 saturated heterocycles. The van der Waals surface area contributed by atoms with Gasteiger partial charge in [-0.2, -0.15) is 0 Å². The minimum atomic E-state index is -0.560. The Morgan fingerprint density at radius 1 is 1.39 bits per heavy atom. The molecule has 6 heteroatoms. The van der Waals surface area contributed by atoms with E-state index >= 15 is 0 Å². The van der Waals surface area contributed by atoms with E-state index in [2.05, 4.69) is 5.32 Å². The van der Waals surface area contributed by atoms with Gasteiger partial charge >= 0.3 is 0 Å². The van der Waals surface area contributed by atoms with Crippen molar-refractivity contribution in [2.45, 2.75) is 19.3 Å². The number of halogens is 1. The molecule has 18 heavy (non-hydrogen) atoms. The van der Waals surface area contributed by atoms with Crippen molar-refractivity contribution in [3.8, 4) is 0 Å². The van der Waals surface area contributed by atoms with Gasteiger partial charge in [0.25, 0.3) is 5.91 Å². The molecule has 1 rings (SSSR count). The van der Waals surface area contributed by atoms with Crippen LogP contribution in [0.15, 0.2) is 18.2 Å². The lowest BCUT2D eigenvalue weighted by Gasteiger charge is -2.22. The molecule has 0 aliphatic carbocycles. The average molecular weight is 256 g/mol. The molecular weight excluding hydrogens is 239 g/mol. The molecule has 1 aromatic carbocycles. The van der Waals surface area contributed by atoms with Gasteiger partial charge in [0.1, 0.15) is 5.82 Å². The number of anilines is 1. The first kappa shape index (κ1) is 14.4. The second kappa shape index (κ2) is 6.32. The summed E-state index contributed by atoms with van der Waals surface area (Å²) in [4.78, 5) is 11.9. The molecule has 0 radical (unpaired) electrons. The van der Waals surface area contributed by atoms with Crippen molar-refractivity contribution in [2.75, 3.05) is 20.0 Å². The van der Waals surface area contributed by atoms with Crippen LogP contribution in [-0.4, -0.2) is 32.5 Å². The van der Waals surface area contributed by atoms with Gasteiger partial charge in [-0.3, -0.25) is 4.79 Å². The maximum absolute atomic E-state index is 12.9. The summed E-state index contributed by atoms with van der Waals surface area (Å²) in [6.45, 7) is 1.73. The van der Waals surface area contributed by atoms with Gasteiger partial charge in [0, 0.05) is 19.9 Å². The molecule has 100 valence electrons. The molecule has 0 heterocycles. The van der Waals surface area contributed by atoms with E-state index in [0.717, 1.165) is 6.07 Å². The minimum absolute atomic E-state index is 0.0890. The Bertz CT molecular complexity index is 422. The predicted molar refractivity (Wildman–Crippen MR) is 65.5 cm³/mol. The molecule has 1 unspecified atom stereocenters. The van der Waals surface area contributed by atoms with E-state index in [-0.39, 0.29) is 17.3 Å². The number of nitrogens with two attached hydrogens (primary N) is 1. The largest absolute Gasteiger partial charge is 0.398 e. The SMILES string of the molecule is COC(OC)C(C)NC(=O)c1ccc(F)cc1N. The van der Waals surface area contributed by atoms with Crippen LogP contribution in [0.1, 0.15) is 17.3 Å². The summed E-state index contributed by atoms with van der Waals surface area (Å²) in [5.41, 5.74) is 5.88. The highest BCUT2D eigenvalue weighted by molar-refractivity contribution is 5.99. The quantitative estimate of drug-likeness (QED) is 0.612. The highest BCUT2D eigenvalue weighted by Crippen LogP contribution is 2.13. The van der Waals surface area contributed by atoms with E-state index in [9.17, 15) is 9.18 Å². The average Bonchev–Trinajstić information content (AvgIpc) is 2.30. The van der Waals surface area contributed by atoms with Crippen LogP contribution in [0.4, 0.5) is 10.1 Å². The Balaban J connectivity index is 2.76. The van der Waals surface area contributed by atoms with Crippen molar-refractivity contribution in [1.29, 1.82) is 0 Å². The first-order valence-electron chi connectivity index (χ1n) is 5.41. The molecular formula is C12H17FN2O3. The number of amides is 1. The summed E-state index contributed by atoms with van der Waals surface area (Å²) in [5, 5.41) is 2.67. The van der Waals surface area contributed by atoms with Crippen LogP contribution in [-0.2, 0) is 9.47 Å². The topological polar surface area (TPSA) is 73.6 Å². The van der Waals surface area contributed by atoms with Gasteiger partial charge in [-0.05, 0) is 25.1 Å². The third-order valence-electron chi connectivity index (χ3n) is 2.49. The van der Waals surface area contributed by atoms with Gasteiger partial charge in [0.15, 0.2) is 6.29 Å².